The van der Waals surface area contributed by atoms with Gasteiger partial charge in [-0.25, -0.2) is 9.97 Å². The highest BCUT2D eigenvalue weighted by molar-refractivity contribution is 6.17. The van der Waals surface area contributed by atoms with E-state index in [9.17, 15) is 0 Å². The maximum Gasteiger partial charge on any atom is 0.321 e. The van der Waals surface area contributed by atoms with Crippen LogP contribution in [0.1, 0.15) is 37.5 Å². The zero-order chi connectivity index (χ0) is 14.8. The lowest BCUT2D eigenvalue weighted by molar-refractivity contribution is 0.421. The molecule has 20 heavy (non-hydrogen) atoms. The maximum absolute atomic E-state index is 5.85. The number of rotatable bonds is 3. The molecule has 0 aliphatic carbocycles. The molecule has 1 aromatic heterocycles. The van der Waals surface area contributed by atoms with Gasteiger partial charge in [0, 0.05) is 23.5 Å². The van der Waals surface area contributed by atoms with E-state index in [-0.39, 0.29) is 5.41 Å². The summed E-state index contributed by atoms with van der Waals surface area (Å²) < 4.78 is 5.85. The van der Waals surface area contributed by atoms with E-state index >= 15 is 0 Å². The molecule has 1 heterocycles. The van der Waals surface area contributed by atoms with Crippen LogP contribution in [-0.2, 0) is 11.3 Å². The molecular weight excluding hydrogens is 272 g/mol. The SMILES string of the molecule is Cc1ccc(C(C)(C)C)c(Oc2ncc(CCl)cn2)c1. The van der Waals surface area contributed by atoms with Gasteiger partial charge < -0.3 is 4.74 Å². The molecule has 0 spiro atoms. The number of hydrogen-bond acceptors (Lipinski definition) is 3. The van der Waals surface area contributed by atoms with E-state index in [1.54, 1.807) is 12.4 Å². The molecule has 0 radical (unpaired) electrons. The summed E-state index contributed by atoms with van der Waals surface area (Å²) in [6, 6.07) is 6.54. The van der Waals surface area contributed by atoms with Crippen LogP contribution in [0.3, 0.4) is 0 Å². The second-order valence-electron chi connectivity index (χ2n) is 5.86. The van der Waals surface area contributed by atoms with Crippen molar-refractivity contribution in [3.05, 3.63) is 47.3 Å². The van der Waals surface area contributed by atoms with Crippen LogP contribution in [0.15, 0.2) is 30.6 Å². The number of alkyl halides is 1. The van der Waals surface area contributed by atoms with Crippen molar-refractivity contribution in [2.75, 3.05) is 0 Å². The normalized spacial score (nSPS) is 11.4. The number of hydrogen-bond donors (Lipinski definition) is 0. The van der Waals surface area contributed by atoms with Gasteiger partial charge in [-0.3, -0.25) is 0 Å². The van der Waals surface area contributed by atoms with Gasteiger partial charge in [0.15, 0.2) is 0 Å². The Kier molecular flexibility index (Phi) is 4.29. The van der Waals surface area contributed by atoms with Gasteiger partial charge in [0.05, 0.1) is 5.88 Å². The summed E-state index contributed by atoms with van der Waals surface area (Å²) in [7, 11) is 0. The van der Waals surface area contributed by atoms with Crippen LogP contribution in [-0.4, -0.2) is 9.97 Å². The Hall–Kier alpha value is -1.61. The van der Waals surface area contributed by atoms with Crippen LogP contribution in [0, 0.1) is 6.92 Å². The van der Waals surface area contributed by atoms with Gasteiger partial charge in [-0.05, 0) is 24.0 Å². The maximum atomic E-state index is 5.85. The van der Waals surface area contributed by atoms with Crippen molar-refractivity contribution in [1.82, 2.24) is 9.97 Å². The van der Waals surface area contributed by atoms with Crippen LogP contribution >= 0.6 is 11.6 Å². The van der Waals surface area contributed by atoms with E-state index in [1.165, 1.54) is 0 Å². The molecule has 0 saturated heterocycles. The zero-order valence-electron chi connectivity index (χ0n) is 12.3. The fourth-order valence-corrected chi connectivity index (χ4v) is 2.03. The standard InChI is InChI=1S/C16H19ClN2O/c1-11-5-6-13(16(2,3)4)14(7-11)20-15-18-9-12(8-17)10-19-15/h5-7,9-10H,8H2,1-4H3. The van der Waals surface area contributed by atoms with Crippen molar-refractivity contribution in [2.24, 2.45) is 0 Å². The summed E-state index contributed by atoms with van der Waals surface area (Å²) in [4.78, 5) is 8.36. The van der Waals surface area contributed by atoms with E-state index in [1.807, 2.05) is 13.0 Å². The molecule has 0 unspecified atom stereocenters. The summed E-state index contributed by atoms with van der Waals surface area (Å²) >= 11 is 5.72. The van der Waals surface area contributed by atoms with Crippen molar-refractivity contribution < 1.29 is 4.74 Å². The highest BCUT2D eigenvalue weighted by Gasteiger charge is 2.19. The van der Waals surface area contributed by atoms with Crippen molar-refractivity contribution in [3.8, 4) is 11.8 Å². The van der Waals surface area contributed by atoms with Crippen LogP contribution in [0.2, 0.25) is 0 Å². The lowest BCUT2D eigenvalue weighted by atomic mass is 9.86. The largest absolute Gasteiger partial charge is 0.424 e. The molecule has 2 aromatic rings. The molecule has 0 bridgehead atoms. The van der Waals surface area contributed by atoms with E-state index < -0.39 is 0 Å². The lowest BCUT2D eigenvalue weighted by Crippen LogP contribution is -2.13. The number of ether oxygens (including phenoxy) is 1. The second-order valence-corrected chi connectivity index (χ2v) is 6.13. The highest BCUT2D eigenvalue weighted by atomic mass is 35.5. The molecule has 0 saturated carbocycles. The van der Waals surface area contributed by atoms with E-state index in [4.69, 9.17) is 16.3 Å². The van der Waals surface area contributed by atoms with Gasteiger partial charge in [-0.15, -0.1) is 11.6 Å². The molecule has 2 rings (SSSR count). The summed E-state index contributed by atoms with van der Waals surface area (Å²) in [5.41, 5.74) is 3.15. The molecule has 3 nitrogen and oxygen atoms in total. The molecule has 1 aromatic carbocycles. The monoisotopic (exact) mass is 290 g/mol. The first kappa shape index (κ1) is 14.8. The van der Waals surface area contributed by atoms with Crippen LogP contribution in [0.4, 0.5) is 0 Å². The molecule has 106 valence electrons. The number of aryl methyl sites for hydroxylation is 1. The van der Waals surface area contributed by atoms with E-state index in [2.05, 4.69) is 42.9 Å². The zero-order valence-corrected chi connectivity index (χ0v) is 13.0. The van der Waals surface area contributed by atoms with E-state index in [0.717, 1.165) is 22.4 Å². The molecule has 0 N–H and O–H groups in total. The van der Waals surface area contributed by atoms with Crippen molar-refractivity contribution in [3.63, 3.8) is 0 Å². The Balaban J connectivity index is 2.34. The molecule has 0 aliphatic rings. The molecule has 0 amide bonds. The molecular formula is C16H19ClN2O. The van der Waals surface area contributed by atoms with Crippen LogP contribution < -0.4 is 4.74 Å². The Morgan fingerprint density at radius 1 is 1.15 bits per heavy atom. The van der Waals surface area contributed by atoms with Gasteiger partial charge in [0.25, 0.3) is 0 Å². The van der Waals surface area contributed by atoms with Crippen molar-refractivity contribution in [1.29, 1.82) is 0 Å². The Bertz CT molecular complexity index is 588. The number of halogens is 1. The smallest absolute Gasteiger partial charge is 0.321 e. The summed E-state index contributed by atoms with van der Waals surface area (Å²) in [5.74, 6) is 1.20. The first-order valence-corrected chi connectivity index (χ1v) is 7.09. The average Bonchev–Trinajstić information content (AvgIpc) is 2.38. The Morgan fingerprint density at radius 3 is 2.35 bits per heavy atom. The topological polar surface area (TPSA) is 35.0 Å². The average molecular weight is 291 g/mol. The minimum Gasteiger partial charge on any atom is -0.424 e. The minimum absolute atomic E-state index is 0.000880. The molecule has 0 fully saturated rings. The predicted octanol–water partition coefficient (Wildman–Crippen LogP) is 4.61. The molecule has 4 heteroatoms. The third-order valence-electron chi connectivity index (χ3n) is 2.98. The molecule has 0 atom stereocenters. The Morgan fingerprint density at radius 2 is 1.80 bits per heavy atom. The number of nitrogens with zero attached hydrogens (tertiary/aromatic N) is 2. The van der Waals surface area contributed by atoms with E-state index in [0.29, 0.717) is 11.9 Å². The minimum atomic E-state index is -0.000880. The fourth-order valence-electron chi connectivity index (χ4n) is 1.90. The van der Waals surface area contributed by atoms with Gasteiger partial charge in [0.2, 0.25) is 0 Å². The van der Waals surface area contributed by atoms with Crippen LogP contribution in [0.25, 0.3) is 0 Å². The van der Waals surface area contributed by atoms with Gasteiger partial charge in [0.1, 0.15) is 5.75 Å². The van der Waals surface area contributed by atoms with Crippen LogP contribution in [0.5, 0.6) is 11.8 Å². The van der Waals surface area contributed by atoms with Gasteiger partial charge in [-0.2, -0.15) is 0 Å². The predicted molar refractivity (Wildman–Crippen MR) is 81.5 cm³/mol. The first-order chi connectivity index (χ1) is 9.40. The second kappa shape index (κ2) is 5.80. The van der Waals surface area contributed by atoms with Gasteiger partial charge in [-0.1, -0.05) is 32.9 Å². The summed E-state index contributed by atoms with van der Waals surface area (Å²) in [6.07, 6.45) is 3.36. The first-order valence-electron chi connectivity index (χ1n) is 6.56. The number of benzene rings is 1. The van der Waals surface area contributed by atoms with Crippen molar-refractivity contribution >= 4 is 11.6 Å². The fraction of sp³-hybridized carbons (Fsp3) is 0.375. The van der Waals surface area contributed by atoms with Gasteiger partial charge >= 0.3 is 6.01 Å². The summed E-state index contributed by atoms with van der Waals surface area (Å²) in [6.45, 7) is 8.50. The third kappa shape index (κ3) is 3.48. The molecule has 0 aliphatic heterocycles. The summed E-state index contributed by atoms with van der Waals surface area (Å²) in [5, 5.41) is 0. The lowest BCUT2D eigenvalue weighted by Gasteiger charge is -2.22. The quantitative estimate of drug-likeness (QED) is 0.774. The third-order valence-corrected chi connectivity index (χ3v) is 3.29. The van der Waals surface area contributed by atoms with Crippen molar-refractivity contribution in [2.45, 2.75) is 39.0 Å². The highest BCUT2D eigenvalue weighted by Crippen LogP contribution is 2.33. The number of aromatic nitrogens is 2. The Labute approximate surface area is 125 Å².